The fourth-order valence-electron chi connectivity index (χ4n) is 2.20. The van der Waals surface area contributed by atoms with Crippen molar-refractivity contribution in [2.24, 2.45) is 0 Å². The van der Waals surface area contributed by atoms with E-state index >= 15 is 0 Å². The van der Waals surface area contributed by atoms with Crippen LogP contribution in [0.3, 0.4) is 0 Å². The summed E-state index contributed by atoms with van der Waals surface area (Å²) in [5.74, 6) is -0.470. The van der Waals surface area contributed by atoms with Crippen LogP contribution in [-0.2, 0) is 14.8 Å². The molecule has 0 saturated carbocycles. The molecule has 0 bridgehead atoms. The summed E-state index contributed by atoms with van der Waals surface area (Å²) in [6.45, 7) is 1.76. The summed E-state index contributed by atoms with van der Waals surface area (Å²) in [4.78, 5) is 24.3. The highest BCUT2D eigenvalue weighted by Gasteiger charge is 2.25. The van der Waals surface area contributed by atoms with Crippen LogP contribution in [0.15, 0.2) is 34.5 Å². The smallest absolute Gasteiger partial charge is 0.269 e. The van der Waals surface area contributed by atoms with Crippen molar-refractivity contribution in [3.63, 3.8) is 0 Å². The van der Waals surface area contributed by atoms with Gasteiger partial charge in [-0.1, -0.05) is 11.6 Å². The molecule has 1 heterocycles. The Morgan fingerprint density at radius 1 is 1.17 bits per heavy atom. The summed E-state index contributed by atoms with van der Waals surface area (Å²) in [5, 5.41) is 0. The average molecular weight is 462 g/mol. The molecule has 2 amide bonds. The summed E-state index contributed by atoms with van der Waals surface area (Å²) in [5.41, 5.74) is 4.63. The van der Waals surface area contributed by atoms with Gasteiger partial charge in [0.15, 0.2) is 11.5 Å². The SMILES string of the molecule is CCOc1ccc(C(=O)NNC(=O)CN(C)S(=O)(=O)c2ccc(Cl)s2)cc1OC. The number of nitrogens with zero attached hydrogens (tertiary/aromatic N) is 1. The van der Waals surface area contributed by atoms with Gasteiger partial charge in [-0.2, -0.15) is 4.31 Å². The maximum Gasteiger partial charge on any atom is 0.269 e. The number of hydrogen-bond acceptors (Lipinski definition) is 7. The first-order valence-electron chi connectivity index (χ1n) is 8.30. The fourth-order valence-corrected chi connectivity index (χ4v) is 5.02. The normalized spacial score (nSPS) is 11.2. The van der Waals surface area contributed by atoms with Crippen LogP contribution in [0.2, 0.25) is 4.34 Å². The van der Waals surface area contributed by atoms with Gasteiger partial charge in [-0.15, -0.1) is 11.3 Å². The van der Waals surface area contributed by atoms with Crippen molar-refractivity contribution in [3.05, 3.63) is 40.2 Å². The summed E-state index contributed by atoms with van der Waals surface area (Å²) >= 11 is 6.65. The predicted octanol–water partition coefficient (Wildman–Crippen LogP) is 1.89. The first-order valence-corrected chi connectivity index (χ1v) is 10.9. The minimum absolute atomic E-state index is 0.0170. The van der Waals surface area contributed by atoms with Crippen LogP contribution in [-0.4, -0.2) is 51.8 Å². The van der Waals surface area contributed by atoms with Gasteiger partial charge in [-0.25, -0.2) is 8.42 Å². The van der Waals surface area contributed by atoms with Gasteiger partial charge in [-0.05, 0) is 37.3 Å². The minimum atomic E-state index is -3.86. The lowest BCUT2D eigenvalue weighted by Gasteiger charge is -2.16. The summed E-state index contributed by atoms with van der Waals surface area (Å²) in [7, 11) is -1.17. The van der Waals surface area contributed by atoms with Crippen molar-refractivity contribution >= 4 is 44.8 Å². The van der Waals surface area contributed by atoms with Crippen LogP contribution >= 0.6 is 22.9 Å². The van der Waals surface area contributed by atoms with E-state index in [0.29, 0.717) is 22.4 Å². The molecule has 2 N–H and O–H groups in total. The van der Waals surface area contributed by atoms with Gasteiger partial charge in [0.05, 0.1) is 24.6 Å². The van der Waals surface area contributed by atoms with E-state index in [1.54, 1.807) is 6.07 Å². The quantitative estimate of drug-likeness (QED) is 0.580. The Bertz CT molecular complexity index is 993. The molecule has 2 rings (SSSR count). The molecule has 2 aromatic rings. The number of carbonyl (C=O) groups is 2. The number of methoxy groups -OCH3 is 1. The summed E-state index contributed by atoms with van der Waals surface area (Å²) < 4.78 is 36.5. The van der Waals surface area contributed by atoms with E-state index in [-0.39, 0.29) is 9.77 Å². The number of ether oxygens (including phenoxy) is 2. The first kappa shape index (κ1) is 22.9. The van der Waals surface area contributed by atoms with Crippen LogP contribution < -0.4 is 20.3 Å². The number of hydrazine groups is 1. The fraction of sp³-hybridized carbons (Fsp3) is 0.294. The van der Waals surface area contributed by atoms with Crippen LogP contribution in [0.25, 0.3) is 0 Å². The van der Waals surface area contributed by atoms with Gasteiger partial charge < -0.3 is 9.47 Å². The first-order chi connectivity index (χ1) is 13.7. The topological polar surface area (TPSA) is 114 Å². The monoisotopic (exact) mass is 461 g/mol. The van der Waals surface area contributed by atoms with Gasteiger partial charge in [0, 0.05) is 12.6 Å². The zero-order valence-corrected chi connectivity index (χ0v) is 18.3. The second kappa shape index (κ2) is 9.92. The van der Waals surface area contributed by atoms with E-state index in [9.17, 15) is 18.0 Å². The Kier molecular flexibility index (Phi) is 7.85. The molecule has 0 fully saturated rings. The second-order valence-corrected chi connectivity index (χ2v) is 9.61. The standard InChI is InChI=1S/C17H20ClN3O6S2/c1-4-27-12-6-5-11(9-13(12)26-3)17(23)20-19-15(22)10-21(2)29(24,25)16-8-7-14(18)28-16/h5-9H,4,10H2,1-3H3,(H,19,22)(H,20,23). The molecule has 0 aliphatic rings. The Morgan fingerprint density at radius 3 is 2.48 bits per heavy atom. The summed E-state index contributed by atoms with van der Waals surface area (Å²) in [6, 6.07) is 7.36. The molecule has 12 heteroatoms. The number of amides is 2. The third-order valence-corrected chi connectivity index (χ3v) is 7.12. The van der Waals surface area contributed by atoms with Crippen LogP contribution in [0.5, 0.6) is 11.5 Å². The molecule has 1 aromatic carbocycles. The largest absolute Gasteiger partial charge is 0.493 e. The van der Waals surface area contributed by atoms with Crippen LogP contribution in [0.1, 0.15) is 17.3 Å². The number of carbonyl (C=O) groups excluding carboxylic acids is 2. The minimum Gasteiger partial charge on any atom is -0.493 e. The molecule has 0 radical (unpaired) electrons. The van der Waals surface area contributed by atoms with E-state index in [2.05, 4.69) is 10.9 Å². The van der Waals surface area contributed by atoms with Crippen LogP contribution in [0.4, 0.5) is 0 Å². The van der Waals surface area contributed by atoms with E-state index in [1.165, 1.54) is 38.4 Å². The average Bonchev–Trinajstić information content (AvgIpc) is 3.13. The van der Waals surface area contributed by atoms with Gasteiger partial charge >= 0.3 is 0 Å². The van der Waals surface area contributed by atoms with Crippen LogP contribution in [0, 0.1) is 0 Å². The second-order valence-electron chi connectivity index (χ2n) is 5.62. The zero-order chi connectivity index (χ0) is 21.6. The highest BCUT2D eigenvalue weighted by molar-refractivity contribution is 7.91. The number of nitrogens with one attached hydrogen (secondary N) is 2. The molecule has 0 aliphatic heterocycles. The van der Waals surface area contributed by atoms with Gasteiger partial charge in [0.1, 0.15) is 4.21 Å². The lowest BCUT2D eigenvalue weighted by molar-refractivity contribution is -0.121. The molecule has 29 heavy (non-hydrogen) atoms. The molecule has 0 spiro atoms. The van der Waals surface area contributed by atoms with Crippen molar-refractivity contribution < 1.29 is 27.5 Å². The number of sulfonamides is 1. The lowest BCUT2D eigenvalue weighted by Crippen LogP contribution is -2.46. The lowest BCUT2D eigenvalue weighted by atomic mass is 10.2. The van der Waals surface area contributed by atoms with E-state index in [1.807, 2.05) is 6.92 Å². The number of benzene rings is 1. The Labute approximate surface area is 177 Å². The van der Waals surface area contributed by atoms with Crippen molar-refractivity contribution in [1.82, 2.24) is 15.2 Å². The number of rotatable bonds is 8. The molecular weight excluding hydrogens is 442 g/mol. The molecule has 0 saturated heterocycles. The Balaban J connectivity index is 1.95. The molecule has 1 aromatic heterocycles. The van der Waals surface area contributed by atoms with Gasteiger partial charge in [-0.3, -0.25) is 20.4 Å². The molecule has 0 atom stereocenters. The number of likely N-dealkylation sites (N-methyl/N-ethyl adjacent to an activating group) is 1. The van der Waals surface area contributed by atoms with Crippen molar-refractivity contribution in [1.29, 1.82) is 0 Å². The Morgan fingerprint density at radius 2 is 1.90 bits per heavy atom. The van der Waals surface area contributed by atoms with Crippen molar-refractivity contribution in [2.75, 3.05) is 27.3 Å². The van der Waals surface area contributed by atoms with Crippen molar-refractivity contribution in [2.45, 2.75) is 11.1 Å². The zero-order valence-electron chi connectivity index (χ0n) is 15.9. The van der Waals surface area contributed by atoms with E-state index in [4.69, 9.17) is 21.1 Å². The number of thiophene rings is 1. The molecular formula is C17H20ClN3O6S2. The number of halogens is 1. The molecule has 0 unspecified atom stereocenters. The third-order valence-electron chi connectivity index (χ3n) is 3.62. The highest BCUT2D eigenvalue weighted by Crippen LogP contribution is 2.28. The maximum absolute atomic E-state index is 12.4. The predicted molar refractivity (Wildman–Crippen MR) is 109 cm³/mol. The number of hydrogen-bond donors (Lipinski definition) is 2. The summed E-state index contributed by atoms with van der Waals surface area (Å²) in [6.07, 6.45) is 0. The molecule has 9 nitrogen and oxygen atoms in total. The van der Waals surface area contributed by atoms with E-state index in [0.717, 1.165) is 15.6 Å². The molecule has 0 aliphatic carbocycles. The maximum atomic E-state index is 12.4. The van der Waals surface area contributed by atoms with Gasteiger partial charge in [0.2, 0.25) is 0 Å². The third kappa shape index (κ3) is 5.82. The van der Waals surface area contributed by atoms with Gasteiger partial charge in [0.25, 0.3) is 21.8 Å². The molecule has 158 valence electrons. The van der Waals surface area contributed by atoms with Crippen molar-refractivity contribution in [3.8, 4) is 11.5 Å². The highest BCUT2D eigenvalue weighted by atomic mass is 35.5. The Hall–Kier alpha value is -2.34. The van der Waals surface area contributed by atoms with E-state index < -0.39 is 28.4 Å².